The van der Waals surface area contributed by atoms with Crippen LogP contribution in [-0.4, -0.2) is 13.6 Å². The lowest BCUT2D eigenvalue weighted by molar-refractivity contribution is 0.423. The van der Waals surface area contributed by atoms with Crippen molar-refractivity contribution < 1.29 is 17.3 Å². The fourth-order valence-corrected chi connectivity index (χ4v) is 2.33. The van der Waals surface area contributed by atoms with Crippen LogP contribution < -0.4 is 10.5 Å². The molecule has 6 nitrogen and oxygen atoms in total. The lowest BCUT2D eigenvalue weighted by Gasteiger charge is -2.08. The van der Waals surface area contributed by atoms with Crippen LogP contribution in [0.5, 0.6) is 0 Å². The van der Waals surface area contributed by atoms with E-state index in [4.69, 9.17) is 5.73 Å². The molecule has 0 aliphatic carbocycles. The van der Waals surface area contributed by atoms with E-state index in [9.17, 15) is 12.8 Å². The number of nitrogens with one attached hydrogen (secondary N) is 1. The zero-order chi connectivity index (χ0) is 13.3. The summed E-state index contributed by atoms with van der Waals surface area (Å²) < 4.78 is 43.9. The summed E-state index contributed by atoms with van der Waals surface area (Å²) in [6.07, 6.45) is 1.21. The number of hydrogen-bond acceptors (Lipinski definition) is 5. The maximum atomic E-state index is 13.4. The van der Waals surface area contributed by atoms with Crippen LogP contribution in [0.15, 0.2) is 33.9 Å². The zero-order valence-corrected chi connectivity index (χ0v) is 10.2. The van der Waals surface area contributed by atoms with Crippen LogP contribution >= 0.6 is 0 Å². The monoisotopic (exact) mass is 271 g/mol. The molecule has 0 amide bonds. The lowest BCUT2D eigenvalue weighted by Crippen LogP contribution is -2.14. The van der Waals surface area contributed by atoms with Gasteiger partial charge in [-0.1, -0.05) is 5.16 Å². The number of nitrogens with zero attached hydrogens (tertiary/aromatic N) is 1. The van der Waals surface area contributed by atoms with Crippen molar-refractivity contribution in [2.45, 2.75) is 11.8 Å². The van der Waals surface area contributed by atoms with Crippen LogP contribution in [-0.2, 0) is 10.0 Å². The molecule has 18 heavy (non-hydrogen) atoms. The van der Waals surface area contributed by atoms with Gasteiger partial charge in [-0.05, 0) is 19.1 Å². The van der Waals surface area contributed by atoms with E-state index in [1.807, 2.05) is 0 Å². The summed E-state index contributed by atoms with van der Waals surface area (Å²) in [6, 6.07) is 3.40. The van der Waals surface area contributed by atoms with Crippen LogP contribution in [0, 0.1) is 12.7 Å². The van der Waals surface area contributed by atoms with Gasteiger partial charge < -0.3 is 10.3 Å². The van der Waals surface area contributed by atoms with Gasteiger partial charge in [0, 0.05) is 17.3 Å². The van der Waals surface area contributed by atoms with Gasteiger partial charge in [0.05, 0.1) is 4.90 Å². The highest BCUT2D eigenvalue weighted by Gasteiger charge is 2.18. The third kappa shape index (κ3) is 2.28. The van der Waals surface area contributed by atoms with Crippen molar-refractivity contribution in [1.82, 2.24) is 5.16 Å². The predicted molar refractivity (Wildman–Crippen MR) is 62.9 cm³/mol. The molecule has 0 bridgehead atoms. The molecule has 8 heteroatoms. The maximum Gasteiger partial charge on any atom is 0.263 e. The van der Waals surface area contributed by atoms with Gasteiger partial charge in [0.1, 0.15) is 12.1 Å². The summed E-state index contributed by atoms with van der Waals surface area (Å²) in [4.78, 5) is -0.272. The first-order valence-electron chi connectivity index (χ1n) is 4.89. The van der Waals surface area contributed by atoms with Gasteiger partial charge in [0.2, 0.25) is 0 Å². The van der Waals surface area contributed by atoms with Gasteiger partial charge in [-0.2, -0.15) is 0 Å². The smallest absolute Gasteiger partial charge is 0.263 e. The van der Waals surface area contributed by atoms with E-state index >= 15 is 0 Å². The number of aromatic nitrogens is 1. The van der Waals surface area contributed by atoms with Crippen LogP contribution in [0.4, 0.5) is 15.9 Å². The standard InChI is InChI=1S/C10H10FN3O3S/c1-6-8(11)4-7(5-9(6)12)18(15,16)14-10-2-3-17-13-10/h2-5H,12H2,1H3,(H,13,14). The zero-order valence-electron chi connectivity index (χ0n) is 9.34. The SMILES string of the molecule is Cc1c(N)cc(S(=O)(=O)Nc2ccon2)cc1F. The van der Waals surface area contributed by atoms with Crippen LogP contribution in [0.1, 0.15) is 5.56 Å². The molecular formula is C10H10FN3O3S. The van der Waals surface area contributed by atoms with E-state index < -0.39 is 15.8 Å². The first-order chi connectivity index (χ1) is 8.40. The molecule has 0 saturated heterocycles. The minimum absolute atomic E-state index is 0.00885. The lowest BCUT2D eigenvalue weighted by atomic mass is 10.2. The number of anilines is 2. The first-order valence-corrected chi connectivity index (χ1v) is 6.37. The molecule has 3 N–H and O–H groups in total. The molecule has 0 saturated carbocycles. The third-order valence-electron chi connectivity index (χ3n) is 2.35. The summed E-state index contributed by atoms with van der Waals surface area (Å²) in [6.45, 7) is 1.46. The second kappa shape index (κ2) is 4.30. The summed E-state index contributed by atoms with van der Waals surface area (Å²) in [5.41, 5.74) is 5.79. The quantitative estimate of drug-likeness (QED) is 0.824. The molecular weight excluding hydrogens is 261 g/mol. The average Bonchev–Trinajstić information content (AvgIpc) is 2.77. The predicted octanol–water partition coefficient (Wildman–Crippen LogP) is 1.51. The Balaban J connectivity index is 2.42. The molecule has 2 rings (SSSR count). The second-order valence-corrected chi connectivity index (χ2v) is 5.29. The van der Waals surface area contributed by atoms with Crippen molar-refractivity contribution in [3.63, 3.8) is 0 Å². The molecule has 96 valence electrons. The average molecular weight is 271 g/mol. The van der Waals surface area contributed by atoms with Crippen LogP contribution in [0.25, 0.3) is 0 Å². The second-order valence-electron chi connectivity index (χ2n) is 3.61. The molecule has 0 fully saturated rings. The molecule has 1 heterocycles. The van der Waals surface area contributed by atoms with Crippen molar-refractivity contribution in [3.05, 3.63) is 35.8 Å². The molecule has 0 spiro atoms. The molecule has 2 aromatic rings. The summed E-state index contributed by atoms with van der Waals surface area (Å²) in [5.74, 6) is -0.676. The van der Waals surface area contributed by atoms with Gasteiger partial charge in [-0.15, -0.1) is 0 Å². The fraction of sp³-hybridized carbons (Fsp3) is 0.100. The highest BCUT2D eigenvalue weighted by atomic mass is 32.2. The Morgan fingerprint density at radius 3 is 2.72 bits per heavy atom. The molecule has 1 aromatic carbocycles. The van der Waals surface area contributed by atoms with E-state index in [0.29, 0.717) is 0 Å². The van der Waals surface area contributed by atoms with Crippen molar-refractivity contribution in [2.24, 2.45) is 0 Å². The largest absolute Gasteiger partial charge is 0.398 e. The van der Waals surface area contributed by atoms with E-state index in [2.05, 4.69) is 14.4 Å². The summed E-state index contributed by atoms with van der Waals surface area (Å²) in [7, 11) is -3.94. The van der Waals surface area contributed by atoms with Gasteiger partial charge in [0.25, 0.3) is 10.0 Å². The van der Waals surface area contributed by atoms with Crippen molar-refractivity contribution >= 4 is 21.5 Å². The van der Waals surface area contributed by atoms with Crippen molar-refractivity contribution in [1.29, 1.82) is 0 Å². The van der Waals surface area contributed by atoms with Gasteiger partial charge in [-0.3, -0.25) is 4.72 Å². The Bertz CT molecular complexity index is 645. The Labute approximate surface area is 103 Å². The minimum atomic E-state index is -3.94. The maximum absolute atomic E-state index is 13.4. The number of hydrogen-bond donors (Lipinski definition) is 2. The third-order valence-corrected chi connectivity index (χ3v) is 3.68. The number of sulfonamides is 1. The number of halogens is 1. The number of nitrogen functional groups attached to an aromatic ring is 1. The minimum Gasteiger partial charge on any atom is -0.398 e. The molecule has 0 aliphatic heterocycles. The van der Waals surface area contributed by atoms with E-state index in [0.717, 1.165) is 6.07 Å². The Kier molecular flexibility index (Phi) is 2.95. The molecule has 0 radical (unpaired) electrons. The Morgan fingerprint density at radius 1 is 1.44 bits per heavy atom. The molecule has 0 aliphatic rings. The Morgan fingerprint density at radius 2 is 2.17 bits per heavy atom. The summed E-state index contributed by atoms with van der Waals surface area (Å²) in [5, 5.41) is 3.40. The van der Waals surface area contributed by atoms with Crippen molar-refractivity contribution in [3.8, 4) is 0 Å². The van der Waals surface area contributed by atoms with E-state index in [1.54, 1.807) is 0 Å². The molecule has 0 unspecified atom stereocenters. The number of nitrogens with two attached hydrogens (primary N) is 1. The van der Waals surface area contributed by atoms with E-state index in [1.165, 1.54) is 25.3 Å². The molecule has 1 aromatic heterocycles. The Hall–Kier alpha value is -2.09. The van der Waals surface area contributed by atoms with Gasteiger partial charge in [0.15, 0.2) is 5.82 Å². The van der Waals surface area contributed by atoms with Gasteiger partial charge >= 0.3 is 0 Å². The fourth-order valence-electron chi connectivity index (χ4n) is 1.29. The number of rotatable bonds is 3. The van der Waals surface area contributed by atoms with Crippen LogP contribution in [0.3, 0.4) is 0 Å². The highest BCUT2D eigenvalue weighted by Crippen LogP contribution is 2.22. The van der Waals surface area contributed by atoms with Crippen molar-refractivity contribution in [2.75, 3.05) is 10.5 Å². The van der Waals surface area contributed by atoms with E-state index in [-0.39, 0.29) is 22.0 Å². The topological polar surface area (TPSA) is 98.2 Å². The van der Waals surface area contributed by atoms with Gasteiger partial charge in [-0.25, -0.2) is 12.8 Å². The van der Waals surface area contributed by atoms with Crippen LogP contribution in [0.2, 0.25) is 0 Å². The highest BCUT2D eigenvalue weighted by molar-refractivity contribution is 7.92. The summed E-state index contributed by atoms with van der Waals surface area (Å²) >= 11 is 0. The normalized spacial score (nSPS) is 11.4. The molecule has 0 atom stereocenters. The first kappa shape index (κ1) is 12.4. The number of benzene rings is 1.